The first-order valence-corrected chi connectivity index (χ1v) is 5.19. The van der Waals surface area contributed by atoms with Crippen LogP contribution >= 0.6 is 0 Å². The minimum atomic E-state index is -2.88. The molecule has 0 saturated carbocycles. The van der Waals surface area contributed by atoms with Gasteiger partial charge in [-0.15, -0.1) is 0 Å². The number of alkyl halides is 2. The van der Waals surface area contributed by atoms with Gasteiger partial charge >= 0.3 is 5.97 Å². The van der Waals surface area contributed by atoms with E-state index in [2.05, 4.69) is 4.74 Å². The molecule has 0 aliphatic carbocycles. The van der Waals surface area contributed by atoms with Crippen molar-refractivity contribution >= 4 is 5.97 Å². The van der Waals surface area contributed by atoms with Crippen molar-refractivity contribution in [1.29, 1.82) is 5.26 Å². The van der Waals surface area contributed by atoms with Crippen LogP contribution in [0.4, 0.5) is 8.78 Å². The van der Waals surface area contributed by atoms with Gasteiger partial charge in [-0.1, -0.05) is 0 Å². The fraction of sp³-hybridized carbons (Fsp3) is 0.333. The second-order valence-corrected chi connectivity index (χ2v) is 3.42. The van der Waals surface area contributed by atoms with Gasteiger partial charge in [0.25, 0.3) is 6.43 Å². The molecule has 0 amide bonds. The van der Waals surface area contributed by atoms with Crippen molar-refractivity contribution in [3.05, 3.63) is 28.8 Å². The van der Waals surface area contributed by atoms with E-state index < -0.39 is 30.1 Å². The smallest absolute Gasteiger partial charge is 0.310 e. The minimum Gasteiger partial charge on any atom is -0.507 e. The number of halogens is 2. The number of carbonyl (C=O) groups is 1. The minimum absolute atomic E-state index is 0.0232. The lowest BCUT2D eigenvalue weighted by Gasteiger charge is -2.10. The van der Waals surface area contributed by atoms with Crippen molar-refractivity contribution in [3.8, 4) is 11.8 Å². The van der Waals surface area contributed by atoms with Gasteiger partial charge in [-0.25, -0.2) is 8.78 Å². The largest absolute Gasteiger partial charge is 0.507 e. The van der Waals surface area contributed by atoms with Gasteiger partial charge in [0.05, 0.1) is 30.2 Å². The zero-order chi connectivity index (χ0) is 13.7. The Bertz CT molecular complexity index is 495. The fourth-order valence-electron chi connectivity index (χ4n) is 1.47. The van der Waals surface area contributed by atoms with Crippen molar-refractivity contribution in [3.63, 3.8) is 0 Å². The Morgan fingerprint density at radius 2 is 2.22 bits per heavy atom. The molecule has 96 valence electrons. The lowest BCUT2D eigenvalue weighted by molar-refractivity contribution is -0.142. The average molecular weight is 255 g/mol. The first-order valence-electron chi connectivity index (χ1n) is 5.19. The molecular weight excluding hydrogens is 244 g/mol. The van der Waals surface area contributed by atoms with E-state index in [0.717, 1.165) is 12.1 Å². The Hall–Kier alpha value is -2.16. The Morgan fingerprint density at radius 1 is 1.56 bits per heavy atom. The predicted octanol–water partition coefficient (Wildman–Crippen LogP) is 2.31. The molecule has 0 aliphatic heterocycles. The summed E-state index contributed by atoms with van der Waals surface area (Å²) in [5.41, 5.74) is -0.757. The van der Waals surface area contributed by atoms with E-state index in [1.54, 1.807) is 13.0 Å². The van der Waals surface area contributed by atoms with Crippen molar-refractivity contribution in [1.82, 2.24) is 0 Å². The second-order valence-electron chi connectivity index (χ2n) is 3.42. The molecular formula is C12H11F2NO3. The SMILES string of the molecule is CCOC(=O)Cc1c(C#N)ccc(C(F)F)c1O. The lowest BCUT2D eigenvalue weighted by atomic mass is 10.0. The standard InChI is InChI=1S/C12H11F2NO3/c1-2-18-10(16)5-9-7(6-15)3-4-8(11(9)17)12(13)14/h3-4,12,17H,2,5H2,1H3. The monoisotopic (exact) mass is 255 g/mol. The third kappa shape index (κ3) is 2.94. The maximum atomic E-state index is 12.6. The number of esters is 1. The van der Waals surface area contributed by atoms with E-state index in [1.165, 1.54) is 0 Å². The van der Waals surface area contributed by atoms with E-state index in [9.17, 15) is 18.7 Å². The lowest BCUT2D eigenvalue weighted by Crippen LogP contribution is -2.09. The number of aromatic hydroxyl groups is 1. The number of hydrogen-bond acceptors (Lipinski definition) is 4. The molecule has 0 aromatic heterocycles. The van der Waals surface area contributed by atoms with E-state index in [1.807, 2.05) is 0 Å². The van der Waals surface area contributed by atoms with Crippen LogP contribution in [0.1, 0.15) is 30.0 Å². The van der Waals surface area contributed by atoms with Crippen LogP contribution < -0.4 is 0 Å². The number of hydrogen-bond donors (Lipinski definition) is 1. The summed E-state index contributed by atoms with van der Waals surface area (Å²) in [6.45, 7) is 1.73. The maximum absolute atomic E-state index is 12.6. The van der Waals surface area contributed by atoms with Crippen LogP contribution in [-0.4, -0.2) is 17.7 Å². The zero-order valence-electron chi connectivity index (χ0n) is 9.61. The van der Waals surface area contributed by atoms with E-state index in [-0.39, 0.29) is 17.7 Å². The highest BCUT2D eigenvalue weighted by molar-refractivity contribution is 5.75. The summed E-state index contributed by atoms with van der Waals surface area (Å²) >= 11 is 0. The molecule has 1 rings (SSSR count). The highest BCUT2D eigenvalue weighted by Crippen LogP contribution is 2.33. The molecule has 0 aliphatic rings. The molecule has 0 atom stereocenters. The van der Waals surface area contributed by atoms with E-state index in [4.69, 9.17) is 5.26 Å². The third-order valence-electron chi connectivity index (χ3n) is 2.30. The molecule has 0 fully saturated rings. The molecule has 1 aromatic carbocycles. The molecule has 6 heteroatoms. The second kappa shape index (κ2) is 5.96. The zero-order valence-corrected chi connectivity index (χ0v) is 9.61. The predicted molar refractivity (Wildman–Crippen MR) is 58.1 cm³/mol. The molecule has 4 nitrogen and oxygen atoms in total. The van der Waals surface area contributed by atoms with Gasteiger partial charge in [0.1, 0.15) is 5.75 Å². The first-order chi connectivity index (χ1) is 8.51. The van der Waals surface area contributed by atoms with Gasteiger partial charge in [-0.2, -0.15) is 5.26 Å². The van der Waals surface area contributed by atoms with Gasteiger partial charge in [0, 0.05) is 5.56 Å². The van der Waals surface area contributed by atoms with Gasteiger partial charge in [-0.3, -0.25) is 4.79 Å². The maximum Gasteiger partial charge on any atom is 0.310 e. The highest BCUT2D eigenvalue weighted by Gasteiger charge is 2.20. The number of rotatable bonds is 4. The first kappa shape index (κ1) is 13.9. The molecule has 1 N–H and O–H groups in total. The van der Waals surface area contributed by atoms with Crippen LogP contribution in [0.2, 0.25) is 0 Å². The quantitative estimate of drug-likeness (QED) is 0.838. The number of nitriles is 1. The summed E-state index contributed by atoms with van der Waals surface area (Å²) in [7, 11) is 0. The number of nitrogens with zero attached hydrogens (tertiary/aromatic N) is 1. The molecule has 0 saturated heterocycles. The molecule has 1 aromatic rings. The van der Waals surface area contributed by atoms with Gasteiger partial charge in [-0.05, 0) is 19.1 Å². The van der Waals surface area contributed by atoms with Crippen LogP contribution in [0.25, 0.3) is 0 Å². The van der Waals surface area contributed by atoms with Crippen molar-refractivity contribution in [2.24, 2.45) is 0 Å². The fourth-order valence-corrected chi connectivity index (χ4v) is 1.47. The molecule has 0 unspecified atom stereocenters. The van der Waals surface area contributed by atoms with Crippen molar-refractivity contribution in [2.45, 2.75) is 19.8 Å². The summed E-state index contributed by atoms with van der Waals surface area (Å²) in [6.07, 6.45) is -3.29. The van der Waals surface area contributed by atoms with Crippen molar-refractivity contribution < 1.29 is 23.4 Å². The summed E-state index contributed by atoms with van der Waals surface area (Å²) in [6, 6.07) is 3.85. The summed E-state index contributed by atoms with van der Waals surface area (Å²) in [5, 5.41) is 18.5. The molecule has 0 heterocycles. The Labute approximate surface area is 102 Å². The van der Waals surface area contributed by atoms with E-state index >= 15 is 0 Å². The Balaban J connectivity index is 3.18. The van der Waals surface area contributed by atoms with Crippen LogP contribution in [0, 0.1) is 11.3 Å². The van der Waals surface area contributed by atoms with Crippen LogP contribution in [0.3, 0.4) is 0 Å². The molecule has 0 spiro atoms. The summed E-state index contributed by atoms with van der Waals surface area (Å²) in [5.74, 6) is -1.41. The molecule has 0 bridgehead atoms. The highest BCUT2D eigenvalue weighted by atomic mass is 19.3. The van der Waals surface area contributed by atoms with Crippen LogP contribution in [0.5, 0.6) is 5.75 Å². The van der Waals surface area contributed by atoms with Gasteiger partial charge < -0.3 is 9.84 Å². The number of benzene rings is 1. The van der Waals surface area contributed by atoms with Crippen LogP contribution in [-0.2, 0) is 16.0 Å². The summed E-state index contributed by atoms with van der Waals surface area (Å²) in [4.78, 5) is 11.3. The summed E-state index contributed by atoms with van der Waals surface area (Å²) < 4.78 is 29.8. The van der Waals surface area contributed by atoms with Crippen molar-refractivity contribution in [2.75, 3.05) is 6.61 Å². The molecule has 18 heavy (non-hydrogen) atoms. The van der Waals surface area contributed by atoms with E-state index in [0.29, 0.717) is 0 Å². The third-order valence-corrected chi connectivity index (χ3v) is 2.30. The molecule has 0 radical (unpaired) electrons. The number of ether oxygens (including phenoxy) is 1. The topological polar surface area (TPSA) is 70.3 Å². The Kier molecular flexibility index (Phi) is 4.60. The number of phenolic OH excluding ortho intramolecular Hbond substituents is 1. The normalized spacial score (nSPS) is 10.2. The number of carbonyl (C=O) groups excluding carboxylic acids is 1. The van der Waals surface area contributed by atoms with Crippen LogP contribution in [0.15, 0.2) is 12.1 Å². The Morgan fingerprint density at radius 3 is 2.72 bits per heavy atom. The van der Waals surface area contributed by atoms with Gasteiger partial charge in [0.15, 0.2) is 0 Å². The van der Waals surface area contributed by atoms with Gasteiger partial charge in [0.2, 0.25) is 0 Å². The average Bonchev–Trinajstić information content (AvgIpc) is 2.31. The number of phenols is 1.